The Morgan fingerprint density at radius 1 is 1.11 bits per heavy atom. The summed E-state index contributed by atoms with van der Waals surface area (Å²) in [5, 5.41) is 13.5. The van der Waals surface area contributed by atoms with Gasteiger partial charge in [0, 0.05) is 24.7 Å². The lowest BCUT2D eigenvalue weighted by atomic mass is 10.1. The number of aliphatic hydroxyl groups excluding tert-OH is 1. The van der Waals surface area contributed by atoms with Crippen molar-refractivity contribution in [1.29, 1.82) is 0 Å². The zero-order valence-electron chi connectivity index (χ0n) is 14.7. The second-order valence-corrected chi connectivity index (χ2v) is 6.71. The minimum Gasteiger partial charge on any atom is -0.393 e. The molecule has 1 fully saturated rings. The fourth-order valence-corrected chi connectivity index (χ4v) is 3.27. The summed E-state index contributed by atoms with van der Waals surface area (Å²) in [5.41, 5.74) is -0.451. The van der Waals surface area contributed by atoms with E-state index in [9.17, 15) is 23.1 Å². The third-order valence-corrected chi connectivity index (χ3v) is 4.76. The Hall–Kier alpha value is -2.94. The number of alkyl halides is 3. The summed E-state index contributed by atoms with van der Waals surface area (Å²) in [6.07, 6.45) is -4.25. The minimum atomic E-state index is -4.66. The summed E-state index contributed by atoms with van der Waals surface area (Å²) in [5.74, 6) is -0.466. The van der Waals surface area contributed by atoms with E-state index in [4.69, 9.17) is 0 Å². The van der Waals surface area contributed by atoms with Crippen LogP contribution in [0.2, 0.25) is 0 Å². The van der Waals surface area contributed by atoms with Gasteiger partial charge in [-0.15, -0.1) is 0 Å². The average Bonchev–Trinajstić information content (AvgIpc) is 3.11. The highest BCUT2D eigenvalue weighted by atomic mass is 19.4. The van der Waals surface area contributed by atoms with E-state index in [1.165, 1.54) is 11.0 Å². The largest absolute Gasteiger partial charge is 0.433 e. The van der Waals surface area contributed by atoms with Crippen molar-refractivity contribution in [3.8, 4) is 11.3 Å². The summed E-state index contributed by atoms with van der Waals surface area (Å²) in [6, 6.07) is 10.7. The molecule has 0 aliphatic carbocycles. The lowest BCUT2D eigenvalue weighted by Gasteiger charge is -2.28. The number of likely N-dealkylation sites (tertiary alicyclic amines) is 1. The molecule has 9 heteroatoms. The van der Waals surface area contributed by atoms with E-state index in [0.717, 1.165) is 6.07 Å². The van der Waals surface area contributed by atoms with Crippen molar-refractivity contribution in [2.75, 3.05) is 13.1 Å². The SMILES string of the molecule is O=C(c1cc2nc(-c3ccccc3)cc(C(F)(F)F)n2n1)N1CCC(O)CC1. The van der Waals surface area contributed by atoms with Gasteiger partial charge in [-0.2, -0.15) is 18.3 Å². The molecule has 0 bridgehead atoms. The molecular formula is C19H17F3N4O2. The second-order valence-electron chi connectivity index (χ2n) is 6.71. The predicted molar refractivity (Wildman–Crippen MR) is 94.6 cm³/mol. The van der Waals surface area contributed by atoms with E-state index in [2.05, 4.69) is 10.1 Å². The first-order chi connectivity index (χ1) is 13.3. The summed E-state index contributed by atoms with van der Waals surface area (Å²) in [7, 11) is 0. The first-order valence-electron chi connectivity index (χ1n) is 8.84. The fraction of sp³-hybridized carbons (Fsp3) is 0.316. The standard InChI is InChI=1S/C19H17F3N4O2/c20-19(21,22)16-10-14(12-4-2-1-3-5-12)23-17-11-15(24-26(16)17)18(28)25-8-6-13(27)7-9-25/h1-5,10-11,13,27H,6-9H2. The van der Waals surface area contributed by atoms with Crippen LogP contribution in [-0.2, 0) is 6.18 Å². The second kappa shape index (κ2) is 6.90. The molecule has 0 unspecified atom stereocenters. The maximum atomic E-state index is 13.6. The zero-order valence-corrected chi connectivity index (χ0v) is 14.7. The molecule has 146 valence electrons. The van der Waals surface area contributed by atoms with Crippen molar-refractivity contribution in [3.63, 3.8) is 0 Å². The molecule has 0 spiro atoms. The maximum absolute atomic E-state index is 13.6. The Balaban J connectivity index is 1.78. The van der Waals surface area contributed by atoms with Crippen molar-refractivity contribution in [3.05, 3.63) is 53.9 Å². The number of hydrogen-bond acceptors (Lipinski definition) is 4. The van der Waals surface area contributed by atoms with Crippen LogP contribution < -0.4 is 0 Å². The first-order valence-corrected chi connectivity index (χ1v) is 8.84. The molecule has 1 aliphatic rings. The van der Waals surface area contributed by atoms with Gasteiger partial charge in [-0.1, -0.05) is 30.3 Å². The highest BCUT2D eigenvalue weighted by Crippen LogP contribution is 2.32. The maximum Gasteiger partial charge on any atom is 0.433 e. The van der Waals surface area contributed by atoms with Gasteiger partial charge in [-0.25, -0.2) is 9.50 Å². The number of fused-ring (bicyclic) bond motifs is 1. The van der Waals surface area contributed by atoms with E-state index < -0.39 is 23.9 Å². The number of aromatic nitrogens is 3. The molecule has 4 rings (SSSR count). The quantitative estimate of drug-likeness (QED) is 0.730. The van der Waals surface area contributed by atoms with Gasteiger partial charge < -0.3 is 10.0 Å². The molecule has 0 radical (unpaired) electrons. The number of benzene rings is 1. The average molecular weight is 390 g/mol. The van der Waals surface area contributed by atoms with Gasteiger partial charge in [0.1, 0.15) is 0 Å². The van der Waals surface area contributed by atoms with E-state index in [-0.39, 0.29) is 17.0 Å². The lowest BCUT2D eigenvalue weighted by Crippen LogP contribution is -2.40. The fourth-order valence-electron chi connectivity index (χ4n) is 3.27. The van der Waals surface area contributed by atoms with E-state index in [1.807, 2.05) is 0 Å². The van der Waals surface area contributed by atoms with E-state index >= 15 is 0 Å². The van der Waals surface area contributed by atoms with Gasteiger partial charge in [-0.05, 0) is 18.9 Å². The molecule has 2 aromatic heterocycles. The molecule has 1 aromatic carbocycles. The Labute approximate surface area is 158 Å². The number of halogens is 3. The predicted octanol–water partition coefficient (Wildman–Crippen LogP) is 3.01. The van der Waals surface area contributed by atoms with Gasteiger partial charge in [0.2, 0.25) is 0 Å². The molecule has 3 aromatic rings. The van der Waals surface area contributed by atoms with E-state index in [1.54, 1.807) is 30.3 Å². The molecule has 28 heavy (non-hydrogen) atoms. The van der Waals surface area contributed by atoms with Crippen LogP contribution in [0.5, 0.6) is 0 Å². The van der Waals surface area contributed by atoms with Gasteiger partial charge in [0.25, 0.3) is 5.91 Å². The summed E-state index contributed by atoms with van der Waals surface area (Å²) < 4.78 is 41.5. The van der Waals surface area contributed by atoms with Gasteiger partial charge >= 0.3 is 6.18 Å². The molecule has 3 heterocycles. The van der Waals surface area contributed by atoms with Crippen LogP contribution in [0.25, 0.3) is 16.9 Å². The Morgan fingerprint density at radius 3 is 2.43 bits per heavy atom. The Kier molecular flexibility index (Phi) is 4.54. The van der Waals surface area contributed by atoms with Crippen molar-refractivity contribution < 1.29 is 23.1 Å². The van der Waals surface area contributed by atoms with Crippen molar-refractivity contribution in [2.24, 2.45) is 0 Å². The summed E-state index contributed by atoms with van der Waals surface area (Å²) >= 11 is 0. The molecule has 6 nitrogen and oxygen atoms in total. The highest BCUT2D eigenvalue weighted by molar-refractivity contribution is 5.93. The van der Waals surface area contributed by atoms with Crippen LogP contribution in [-0.4, -0.2) is 49.7 Å². The number of amides is 1. The number of aliphatic hydroxyl groups is 1. The first kappa shape index (κ1) is 18.4. The lowest BCUT2D eigenvalue weighted by molar-refractivity contribution is -0.142. The number of carbonyl (C=O) groups is 1. The topological polar surface area (TPSA) is 70.7 Å². The third kappa shape index (κ3) is 3.45. The summed E-state index contributed by atoms with van der Waals surface area (Å²) in [6.45, 7) is 0.672. The van der Waals surface area contributed by atoms with Crippen LogP contribution >= 0.6 is 0 Å². The van der Waals surface area contributed by atoms with Crippen molar-refractivity contribution >= 4 is 11.6 Å². The van der Waals surface area contributed by atoms with Crippen LogP contribution in [0.3, 0.4) is 0 Å². The van der Waals surface area contributed by atoms with Crippen LogP contribution in [0, 0.1) is 0 Å². The Bertz CT molecular complexity index is 1010. The highest BCUT2D eigenvalue weighted by Gasteiger charge is 2.36. The zero-order chi connectivity index (χ0) is 19.9. The van der Waals surface area contributed by atoms with Crippen LogP contribution in [0.15, 0.2) is 42.5 Å². The minimum absolute atomic E-state index is 0.0472. The molecule has 1 saturated heterocycles. The van der Waals surface area contributed by atoms with Crippen LogP contribution in [0.4, 0.5) is 13.2 Å². The molecule has 1 amide bonds. The smallest absolute Gasteiger partial charge is 0.393 e. The van der Waals surface area contributed by atoms with Crippen LogP contribution in [0.1, 0.15) is 29.0 Å². The molecule has 1 N–H and O–H groups in total. The van der Waals surface area contributed by atoms with E-state index in [0.29, 0.717) is 36.0 Å². The van der Waals surface area contributed by atoms with Gasteiger partial charge in [-0.3, -0.25) is 4.79 Å². The number of carbonyl (C=O) groups excluding carboxylic acids is 1. The molecule has 0 saturated carbocycles. The summed E-state index contributed by atoms with van der Waals surface area (Å²) in [4.78, 5) is 18.4. The number of rotatable bonds is 2. The number of piperidine rings is 1. The number of nitrogens with zero attached hydrogens (tertiary/aromatic N) is 4. The number of hydrogen-bond donors (Lipinski definition) is 1. The molecular weight excluding hydrogens is 373 g/mol. The van der Waals surface area contributed by atoms with Gasteiger partial charge in [0.05, 0.1) is 11.8 Å². The Morgan fingerprint density at radius 2 is 1.79 bits per heavy atom. The normalized spacial score (nSPS) is 15.9. The third-order valence-electron chi connectivity index (χ3n) is 4.76. The van der Waals surface area contributed by atoms with Gasteiger partial charge in [0.15, 0.2) is 17.0 Å². The molecule has 1 aliphatic heterocycles. The van der Waals surface area contributed by atoms with Crippen molar-refractivity contribution in [1.82, 2.24) is 19.5 Å². The monoisotopic (exact) mass is 390 g/mol. The molecule has 0 atom stereocenters. The van der Waals surface area contributed by atoms with Crippen molar-refractivity contribution in [2.45, 2.75) is 25.1 Å².